The molecule has 1 saturated heterocycles. The third kappa shape index (κ3) is 7.71. The molecule has 4 rings (SSSR count). The molecule has 2 heterocycles. The number of hydrogen-bond donors (Lipinski definition) is 1. The number of nitrogens with one attached hydrogen (secondary N) is 1. The molecule has 2 aromatic carbocycles. The zero-order valence-corrected chi connectivity index (χ0v) is 22.4. The Morgan fingerprint density at radius 1 is 1.05 bits per heavy atom. The second kappa shape index (κ2) is 13.1. The van der Waals surface area contributed by atoms with Crippen LogP contribution in [0.3, 0.4) is 0 Å². The highest BCUT2D eigenvalue weighted by atomic mass is 35.5. The van der Waals surface area contributed by atoms with Crippen molar-refractivity contribution in [2.45, 2.75) is 18.8 Å². The molecule has 2 amide bonds. The van der Waals surface area contributed by atoms with E-state index in [0.717, 1.165) is 23.8 Å². The molecule has 1 fully saturated rings. The van der Waals surface area contributed by atoms with E-state index in [2.05, 4.69) is 15.2 Å². The summed E-state index contributed by atoms with van der Waals surface area (Å²) >= 11 is 6.07. The molecule has 212 valence electrons. The van der Waals surface area contributed by atoms with Crippen molar-refractivity contribution in [2.24, 2.45) is 0 Å². The van der Waals surface area contributed by atoms with Crippen LogP contribution in [-0.2, 0) is 22.3 Å². The van der Waals surface area contributed by atoms with Crippen molar-refractivity contribution in [1.82, 2.24) is 20.1 Å². The third-order valence-corrected chi connectivity index (χ3v) is 6.61. The number of hydrogen-bond acceptors (Lipinski definition) is 6. The number of nitrogens with zero attached hydrogens (tertiary/aromatic N) is 3. The number of pyridine rings is 1. The summed E-state index contributed by atoms with van der Waals surface area (Å²) in [5.41, 5.74) is -0.155. The minimum absolute atomic E-state index is 0.0878. The molecule has 0 saturated carbocycles. The standard InChI is InChI=1S/C28H28ClF3N4O4/c1-35-12-14-36(15-13-35)27(38)23(18-39-17-19-6-3-2-4-7-19)34-25(37)21-8-5-11-33-26(21)40-24-16-20(28(30,31)32)9-10-22(24)29/h2-11,16,23H,12-15,17-18H2,1H3,(H,34,37). The average Bonchev–Trinajstić information content (AvgIpc) is 2.94. The van der Waals surface area contributed by atoms with Crippen molar-refractivity contribution in [1.29, 1.82) is 0 Å². The van der Waals surface area contributed by atoms with E-state index in [0.29, 0.717) is 26.2 Å². The number of halogens is 4. The van der Waals surface area contributed by atoms with Crippen molar-refractivity contribution >= 4 is 23.4 Å². The molecule has 1 aliphatic heterocycles. The number of alkyl halides is 3. The summed E-state index contributed by atoms with van der Waals surface area (Å²) in [6.07, 6.45) is -3.30. The molecule has 1 aromatic heterocycles. The molecule has 3 aromatic rings. The van der Waals surface area contributed by atoms with Gasteiger partial charge >= 0.3 is 6.18 Å². The largest absolute Gasteiger partial charge is 0.437 e. The molecule has 1 unspecified atom stereocenters. The lowest BCUT2D eigenvalue weighted by atomic mass is 10.2. The normalized spacial score (nSPS) is 15.0. The van der Waals surface area contributed by atoms with Crippen LogP contribution in [0.2, 0.25) is 5.02 Å². The summed E-state index contributed by atoms with van der Waals surface area (Å²) in [5.74, 6) is -1.60. The van der Waals surface area contributed by atoms with Crippen LogP contribution in [0.4, 0.5) is 13.2 Å². The highest BCUT2D eigenvalue weighted by Crippen LogP contribution is 2.37. The first-order chi connectivity index (χ1) is 19.1. The Kier molecular flexibility index (Phi) is 9.62. The van der Waals surface area contributed by atoms with Gasteiger partial charge in [-0.05, 0) is 42.9 Å². The molecule has 8 nitrogen and oxygen atoms in total. The van der Waals surface area contributed by atoms with Crippen molar-refractivity contribution in [2.75, 3.05) is 39.8 Å². The molecular weight excluding hydrogens is 549 g/mol. The lowest BCUT2D eigenvalue weighted by Gasteiger charge is -2.34. The van der Waals surface area contributed by atoms with E-state index in [9.17, 15) is 22.8 Å². The van der Waals surface area contributed by atoms with Gasteiger partial charge in [-0.25, -0.2) is 4.98 Å². The maximum atomic E-state index is 13.4. The highest BCUT2D eigenvalue weighted by Gasteiger charge is 2.32. The summed E-state index contributed by atoms with van der Waals surface area (Å²) in [4.78, 5) is 34.6. The topological polar surface area (TPSA) is 84.0 Å². The predicted molar refractivity (Wildman–Crippen MR) is 142 cm³/mol. The van der Waals surface area contributed by atoms with E-state index >= 15 is 0 Å². The van der Waals surface area contributed by atoms with Gasteiger partial charge in [0.1, 0.15) is 17.4 Å². The van der Waals surface area contributed by atoms with Crippen LogP contribution in [-0.4, -0.2) is 72.5 Å². The van der Waals surface area contributed by atoms with E-state index in [1.165, 1.54) is 18.3 Å². The highest BCUT2D eigenvalue weighted by molar-refractivity contribution is 6.32. The molecule has 0 spiro atoms. The van der Waals surface area contributed by atoms with Gasteiger partial charge < -0.3 is 24.6 Å². The number of aromatic nitrogens is 1. The number of carbonyl (C=O) groups is 2. The van der Waals surface area contributed by atoms with Crippen molar-refractivity contribution < 1.29 is 32.2 Å². The van der Waals surface area contributed by atoms with Gasteiger partial charge in [-0.3, -0.25) is 9.59 Å². The predicted octanol–water partition coefficient (Wildman–Crippen LogP) is 4.64. The monoisotopic (exact) mass is 576 g/mol. The van der Waals surface area contributed by atoms with Crippen LogP contribution < -0.4 is 10.1 Å². The maximum absolute atomic E-state index is 13.4. The number of ether oxygens (including phenoxy) is 2. The Morgan fingerprint density at radius 3 is 2.48 bits per heavy atom. The van der Waals surface area contributed by atoms with E-state index in [-0.39, 0.29) is 41.3 Å². The molecule has 1 aliphatic rings. The number of benzene rings is 2. The lowest BCUT2D eigenvalue weighted by molar-refractivity contribution is -0.138. The summed E-state index contributed by atoms with van der Waals surface area (Å²) in [5, 5.41) is 2.61. The maximum Gasteiger partial charge on any atom is 0.416 e. The van der Waals surface area contributed by atoms with E-state index in [1.54, 1.807) is 4.90 Å². The Labute approximate surface area is 234 Å². The fourth-order valence-corrected chi connectivity index (χ4v) is 4.19. The van der Waals surface area contributed by atoms with Crippen LogP contribution in [0.1, 0.15) is 21.5 Å². The van der Waals surface area contributed by atoms with E-state index in [4.69, 9.17) is 21.1 Å². The van der Waals surface area contributed by atoms with Crippen LogP contribution in [0.25, 0.3) is 0 Å². The Balaban J connectivity index is 1.52. The fourth-order valence-electron chi connectivity index (χ4n) is 4.03. The van der Waals surface area contributed by atoms with Crippen molar-refractivity contribution in [3.63, 3.8) is 0 Å². The molecule has 1 N–H and O–H groups in total. The number of amides is 2. The SMILES string of the molecule is CN1CCN(C(=O)C(COCc2ccccc2)NC(=O)c2cccnc2Oc2cc(C(F)(F)F)ccc2Cl)CC1. The second-order valence-electron chi connectivity index (χ2n) is 9.26. The molecule has 12 heteroatoms. The molecule has 40 heavy (non-hydrogen) atoms. The minimum Gasteiger partial charge on any atom is -0.437 e. The summed E-state index contributed by atoms with van der Waals surface area (Å²) < 4.78 is 51.0. The molecule has 0 radical (unpaired) electrons. The first-order valence-corrected chi connectivity index (χ1v) is 12.9. The van der Waals surface area contributed by atoms with Crippen molar-refractivity contribution in [3.8, 4) is 11.6 Å². The van der Waals surface area contributed by atoms with Gasteiger partial charge in [0.25, 0.3) is 5.91 Å². The van der Waals surface area contributed by atoms with Crippen LogP contribution >= 0.6 is 11.6 Å². The Hall–Kier alpha value is -3.67. The summed E-state index contributed by atoms with van der Waals surface area (Å²) in [7, 11) is 1.96. The van der Waals surface area contributed by atoms with Gasteiger partial charge in [-0.2, -0.15) is 13.2 Å². The van der Waals surface area contributed by atoms with E-state index in [1.807, 2.05) is 37.4 Å². The minimum atomic E-state index is -4.62. The second-order valence-corrected chi connectivity index (χ2v) is 9.66. The quantitative estimate of drug-likeness (QED) is 0.400. The molecule has 0 bridgehead atoms. The zero-order chi connectivity index (χ0) is 28.7. The van der Waals surface area contributed by atoms with Gasteiger partial charge in [0, 0.05) is 32.4 Å². The Bertz CT molecular complexity index is 1320. The van der Waals surface area contributed by atoms with Crippen molar-refractivity contribution in [3.05, 3.63) is 88.6 Å². The lowest BCUT2D eigenvalue weighted by Crippen LogP contribution is -2.55. The van der Waals surface area contributed by atoms with Crippen LogP contribution in [0, 0.1) is 0 Å². The first kappa shape index (κ1) is 29.3. The average molecular weight is 577 g/mol. The number of likely N-dealkylation sites (N-methyl/N-ethyl adjacent to an activating group) is 1. The number of piperazine rings is 1. The number of carbonyl (C=O) groups excluding carboxylic acids is 2. The van der Waals surface area contributed by atoms with Gasteiger partial charge in [-0.15, -0.1) is 0 Å². The van der Waals surface area contributed by atoms with Crippen LogP contribution in [0.15, 0.2) is 66.9 Å². The summed E-state index contributed by atoms with van der Waals surface area (Å²) in [6.45, 7) is 2.51. The molecular formula is C28H28ClF3N4O4. The van der Waals surface area contributed by atoms with Gasteiger partial charge in [-0.1, -0.05) is 41.9 Å². The Morgan fingerprint density at radius 2 is 1.77 bits per heavy atom. The molecule has 0 aliphatic carbocycles. The van der Waals surface area contributed by atoms with Gasteiger partial charge in [0.15, 0.2) is 0 Å². The van der Waals surface area contributed by atoms with Gasteiger partial charge in [0.05, 0.1) is 23.8 Å². The first-order valence-electron chi connectivity index (χ1n) is 12.5. The van der Waals surface area contributed by atoms with Crippen LogP contribution in [0.5, 0.6) is 11.6 Å². The fraction of sp³-hybridized carbons (Fsp3) is 0.321. The van der Waals surface area contributed by atoms with Gasteiger partial charge in [0.2, 0.25) is 11.8 Å². The zero-order valence-electron chi connectivity index (χ0n) is 21.7. The number of rotatable bonds is 9. The third-order valence-electron chi connectivity index (χ3n) is 6.30. The van der Waals surface area contributed by atoms with E-state index < -0.39 is 23.7 Å². The molecule has 1 atom stereocenters. The summed E-state index contributed by atoms with van der Waals surface area (Å²) in [6, 6.07) is 13.8. The smallest absolute Gasteiger partial charge is 0.416 e.